The second kappa shape index (κ2) is 7.38. The molecular weight excluding hydrogens is 194 g/mol. The Kier molecular flexibility index (Phi) is 6.93. The highest BCUT2D eigenvalue weighted by Crippen LogP contribution is 2.13. The van der Waals surface area contributed by atoms with Gasteiger partial charge in [-0.2, -0.15) is 0 Å². The topological polar surface area (TPSA) is 0 Å². The minimum Gasteiger partial charge on any atom is -0.207 e. The van der Waals surface area contributed by atoms with Gasteiger partial charge in [0.1, 0.15) is 11.6 Å². The van der Waals surface area contributed by atoms with Crippen LogP contribution in [0.4, 0.5) is 8.78 Å². The molecule has 0 aliphatic heterocycles. The third kappa shape index (κ3) is 5.50. The van der Waals surface area contributed by atoms with Gasteiger partial charge in [0.2, 0.25) is 0 Å². The van der Waals surface area contributed by atoms with E-state index < -0.39 is 11.6 Å². The van der Waals surface area contributed by atoms with Crippen LogP contribution in [0.5, 0.6) is 0 Å². The van der Waals surface area contributed by atoms with Gasteiger partial charge in [-0.05, 0) is 30.4 Å². The van der Waals surface area contributed by atoms with Gasteiger partial charge in [-0.3, -0.25) is 0 Å². The minimum absolute atomic E-state index is 0.430. The van der Waals surface area contributed by atoms with Crippen LogP contribution in [0.2, 0.25) is 0 Å². The minimum atomic E-state index is -0.509. The lowest BCUT2D eigenvalue weighted by Gasteiger charge is -2.05. The molecule has 0 heterocycles. The van der Waals surface area contributed by atoms with Gasteiger partial charge in [-0.25, -0.2) is 8.78 Å². The van der Waals surface area contributed by atoms with Crippen LogP contribution in [-0.4, -0.2) is 0 Å². The maximum Gasteiger partial charge on any atom is 0.129 e. The average Bonchev–Trinajstić information content (AvgIpc) is 2.19. The van der Waals surface area contributed by atoms with Crippen molar-refractivity contribution in [1.82, 2.24) is 0 Å². The SMILES string of the molecule is CC.CC(C)CCc1ccc(F)cc1F. The molecule has 0 atom stereocenters. The van der Waals surface area contributed by atoms with Crippen LogP contribution in [-0.2, 0) is 6.42 Å². The Hall–Kier alpha value is -0.920. The number of benzene rings is 1. The van der Waals surface area contributed by atoms with E-state index in [-0.39, 0.29) is 0 Å². The summed E-state index contributed by atoms with van der Waals surface area (Å²) >= 11 is 0. The third-order valence-electron chi connectivity index (χ3n) is 2.01. The van der Waals surface area contributed by atoms with E-state index in [1.54, 1.807) is 0 Å². The molecule has 15 heavy (non-hydrogen) atoms. The molecule has 0 saturated carbocycles. The fourth-order valence-corrected chi connectivity index (χ4v) is 1.17. The van der Waals surface area contributed by atoms with E-state index >= 15 is 0 Å². The van der Waals surface area contributed by atoms with Crippen molar-refractivity contribution in [3.05, 3.63) is 35.4 Å². The van der Waals surface area contributed by atoms with Crippen LogP contribution < -0.4 is 0 Å². The summed E-state index contributed by atoms with van der Waals surface area (Å²) in [7, 11) is 0. The van der Waals surface area contributed by atoms with Gasteiger partial charge < -0.3 is 0 Å². The average molecular weight is 214 g/mol. The number of hydrogen-bond acceptors (Lipinski definition) is 0. The Balaban J connectivity index is 0.000000921. The van der Waals surface area contributed by atoms with E-state index in [9.17, 15) is 8.78 Å². The van der Waals surface area contributed by atoms with Crippen molar-refractivity contribution in [2.75, 3.05) is 0 Å². The normalized spacial score (nSPS) is 9.80. The van der Waals surface area contributed by atoms with Gasteiger partial charge in [0, 0.05) is 6.07 Å². The lowest BCUT2D eigenvalue weighted by Crippen LogP contribution is -1.95. The van der Waals surface area contributed by atoms with Crippen molar-refractivity contribution in [2.45, 2.75) is 40.5 Å². The van der Waals surface area contributed by atoms with Crippen molar-refractivity contribution in [1.29, 1.82) is 0 Å². The number of aryl methyl sites for hydroxylation is 1. The summed E-state index contributed by atoms with van der Waals surface area (Å²) in [4.78, 5) is 0. The Morgan fingerprint density at radius 3 is 2.20 bits per heavy atom. The van der Waals surface area contributed by atoms with E-state index in [4.69, 9.17) is 0 Å². The van der Waals surface area contributed by atoms with Gasteiger partial charge in [-0.1, -0.05) is 33.8 Å². The quantitative estimate of drug-likeness (QED) is 0.691. The summed E-state index contributed by atoms with van der Waals surface area (Å²) in [6.07, 6.45) is 1.62. The molecule has 0 radical (unpaired) electrons. The lowest BCUT2D eigenvalue weighted by molar-refractivity contribution is 0.545. The molecule has 0 N–H and O–H groups in total. The summed E-state index contributed by atoms with van der Waals surface area (Å²) in [5, 5.41) is 0. The molecule has 0 fully saturated rings. The maximum absolute atomic E-state index is 13.1. The zero-order chi connectivity index (χ0) is 11.8. The summed E-state index contributed by atoms with van der Waals surface area (Å²) in [5.74, 6) is -0.393. The highest BCUT2D eigenvalue weighted by atomic mass is 19.1. The first-order valence-electron chi connectivity index (χ1n) is 5.53. The Morgan fingerprint density at radius 1 is 1.13 bits per heavy atom. The number of halogens is 2. The van der Waals surface area contributed by atoms with Crippen molar-refractivity contribution in [3.63, 3.8) is 0 Å². The van der Waals surface area contributed by atoms with Gasteiger partial charge in [-0.15, -0.1) is 0 Å². The fourth-order valence-electron chi connectivity index (χ4n) is 1.17. The van der Waals surface area contributed by atoms with E-state index in [2.05, 4.69) is 13.8 Å². The highest BCUT2D eigenvalue weighted by molar-refractivity contribution is 5.18. The molecule has 0 bridgehead atoms. The maximum atomic E-state index is 13.1. The number of hydrogen-bond donors (Lipinski definition) is 0. The van der Waals surface area contributed by atoms with E-state index in [0.29, 0.717) is 17.9 Å². The van der Waals surface area contributed by atoms with E-state index in [1.165, 1.54) is 12.1 Å². The van der Waals surface area contributed by atoms with Gasteiger partial charge in [0.15, 0.2) is 0 Å². The summed E-state index contributed by atoms with van der Waals surface area (Å²) < 4.78 is 25.6. The predicted octanol–water partition coefficient (Wildman–Crippen LogP) is 4.58. The Morgan fingerprint density at radius 2 is 1.73 bits per heavy atom. The molecule has 0 nitrogen and oxygen atoms in total. The smallest absolute Gasteiger partial charge is 0.129 e. The molecule has 0 saturated heterocycles. The Labute approximate surface area is 91.3 Å². The monoisotopic (exact) mass is 214 g/mol. The molecule has 0 aliphatic rings. The lowest BCUT2D eigenvalue weighted by atomic mass is 10.0. The second-order valence-corrected chi connectivity index (χ2v) is 3.67. The first-order valence-corrected chi connectivity index (χ1v) is 5.53. The molecule has 86 valence electrons. The van der Waals surface area contributed by atoms with Gasteiger partial charge in [0.25, 0.3) is 0 Å². The third-order valence-corrected chi connectivity index (χ3v) is 2.01. The first-order chi connectivity index (χ1) is 7.09. The van der Waals surface area contributed by atoms with Crippen molar-refractivity contribution >= 4 is 0 Å². The molecule has 0 spiro atoms. The fraction of sp³-hybridized carbons (Fsp3) is 0.538. The van der Waals surface area contributed by atoms with Crippen LogP contribution in [0.1, 0.15) is 39.7 Å². The Bertz CT molecular complexity index is 280. The molecule has 0 unspecified atom stereocenters. The van der Waals surface area contributed by atoms with Gasteiger partial charge in [0.05, 0.1) is 0 Å². The largest absolute Gasteiger partial charge is 0.207 e. The van der Waals surface area contributed by atoms with Crippen molar-refractivity contribution < 1.29 is 8.78 Å². The molecule has 0 aliphatic carbocycles. The molecule has 0 aromatic heterocycles. The second-order valence-electron chi connectivity index (χ2n) is 3.67. The van der Waals surface area contributed by atoms with Crippen molar-refractivity contribution in [3.8, 4) is 0 Å². The molecule has 2 heteroatoms. The summed E-state index contributed by atoms with van der Waals surface area (Å²) in [6.45, 7) is 8.17. The molecule has 0 amide bonds. The highest BCUT2D eigenvalue weighted by Gasteiger charge is 2.04. The molecule has 1 aromatic carbocycles. The van der Waals surface area contributed by atoms with Crippen LogP contribution >= 0.6 is 0 Å². The number of rotatable bonds is 3. The van der Waals surface area contributed by atoms with Gasteiger partial charge >= 0.3 is 0 Å². The van der Waals surface area contributed by atoms with Crippen LogP contribution in [0, 0.1) is 17.6 Å². The van der Waals surface area contributed by atoms with Crippen LogP contribution in [0.3, 0.4) is 0 Å². The first kappa shape index (κ1) is 14.1. The van der Waals surface area contributed by atoms with Crippen LogP contribution in [0.15, 0.2) is 18.2 Å². The zero-order valence-corrected chi connectivity index (χ0v) is 9.98. The summed E-state index contributed by atoms with van der Waals surface area (Å²) in [5.41, 5.74) is 0.607. The van der Waals surface area contributed by atoms with E-state index in [0.717, 1.165) is 12.5 Å². The van der Waals surface area contributed by atoms with Crippen LogP contribution in [0.25, 0.3) is 0 Å². The molecular formula is C13H20F2. The van der Waals surface area contributed by atoms with Crippen molar-refractivity contribution in [2.24, 2.45) is 5.92 Å². The zero-order valence-electron chi connectivity index (χ0n) is 9.98. The van der Waals surface area contributed by atoms with E-state index in [1.807, 2.05) is 13.8 Å². The predicted molar refractivity (Wildman–Crippen MR) is 60.9 cm³/mol. The molecule has 1 rings (SSSR count). The summed E-state index contributed by atoms with van der Waals surface area (Å²) in [6, 6.07) is 3.77. The molecule has 1 aromatic rings. The standard InChI is InChI=1S/C11H14F2.C2H6/c1-8(2)3-4-9-5-6-10(12)7-11(9)13;1-2/h5-8H,3-4H2,1-2H3;1-2H3.